The predicted molar refractivity (Wildman–Crippen MR) is 84.0 cm³/mol. The highest BCUT2D eigenvalue weighted by Crippen LogP contribution is 2.25. The van der Waals surface area contributed by atoms with E-state index >= 15 is 0 Å². The molecule has 0 unspecified atom stereocenters. The van der Waals surface area contributed by atoms with Crippen molar-refractivity contribution in [2.24, 2.45) is 0 Å². The Balaban J connectivity index is 1.91. The second-order valence-corrected chi connectivity index (χ2v) is 5.25. The van der Waals surface area contributed by atoms with E-state index in [0.29, 0.717) is 5.02 Å². The van der Waals surface area contributed by atoms with Gasteiger partial charge in [0.05, 0.1) is 11.0 Å². The van der Waals surface area contributed by atoms with E-state index in [1.165, 1.54) is 10.8 Å². The normalized spacial score (nSPS) is 11.2. The van der Waals surface area contributed by atoms with Crippen molar-refractivity contribution in [3.8, 4) is 11.4 Å². The number of imidazole rings is 1. The average molecular weight is 279 g/mol. The first-order valence-electron chi connectivity index (χ1n) is 6.44. The zero-order chi connectivity index (χ0) is 13.5. The summed E-state index contributed by atoms with van der Waals surface area (Å²) in [5.41, 5.74) is 2.97. The molecule has 4 aromatic rings. The van der Waals surface area contributed by atoms with E-state index < -0.39 is 0 Å². The zero-order valence-electron chi connectivity index (χ0n) is 10.6. The molecule has 1 aromatic heterocycles. The Morgan fingerprint density at radius 2 is 1.70 bits per heavy atom. The number of hydrogen-bond donors (Lipinski definition) is 1. The first-order chi connectivity index (χ1) is 9.79. The van der Waals surface area contributed by atoms with Crippen molar-refractivity contribution in [1.82, 2.24) is 9.97 Å². The molecular formula is C17H11ClN2. The van der Waals surface area contributed by atoms with E-state index in [9.17, 15) is 0 Å². The topological polar surface area (TPSA) is 28.7 Å². The van der Waals surface area contributed by atoms with Crippen LogP contribution in [0.25, 0.3) is 33.2 Å². The van der Waals surface area contributed by atoms with Crippen LogP contribution in [0.4, 0.5) is 0 Å². The van der Waals surface area contributed by atoms with Gasteiger partial charge in [-0.1, -0.05) is 48.0 Å². The lowest BCUT2D eigenvalue weighted by molar-refractivity contribution is 1.34. The molecule has 0 aliphatic heterocycles. The minimum absolute atomic E-state index is 0.703. The van der Waals surface area contributed by atoms with Crippen molar-refractivity contribution in [2.45, 2.75) is 0 Å². The summed E-state index contributed by atoms with van der Waals surface area (Å²) in [7, 11) is 0. The molecule has 0 aliphatic carbocycles. The Bertz CT molecular complexity index is 924. The fraction of sp³-hybridized carbons (Fsp3) is 0. The lowest BCUT2D eigenvalue weighted by atomic mass is 10.1. The second-order valence-electron chi connectivity index (χ2n) is 4.81. The molecule has 0 atom stereocenters. The van der Waals surface area contributed by atoms with Gasteiger partial charge in [0.15, 0.2) is 0 Å². The summed E-state index contributed by atoms with van der Waals surface area (Å²) in [5, 5.41) is 3.15. The van der Waals surface area contributed by atoms with Gasteiger partial charge in [-0.15, -0.1) is 0 Å². The maximum absolute atomic E-state index is 6.00. The van der Waals surface area contributed by atoms with Crippen LogP contribution in [0.1, 0.15) is 0 Å². The van der Waals surface area contributed by atoms with Gasteiger partial charge < -0.3 is 4.98 Å². The largest absolute Gasteiger partial charge is 0.338 e. The molecule has 20 heavy (non-hydrogen) atoms. The standard InChI is InChI=1S/C17H11ClN2/c18-14-7-8-15-16(10-14)20-17(19-15)13-6-5-11-3-1-2-4-12(11)9-13/h1-10H,(H,19,20). The highest BCUT2D eigenvalue weighted by molar-refractivity contribution is 6.31. The molecule has 0 amide bonds. The summed E-state index contributed by atoms with van der Waals surface area (Å²) in [4.78, 5) is 7.94. The molecule has 1 heterocycles. The molecule has 3 aromatic carbocycles. The van der Waals surface area contributed by atoms with E-state index in [1.54, 1.807) is 0 Å². The lowest BCUT2D eigenvalue weighted by Crippen LogP contribution is -1.80. The number of H-pyrrole nitrogens is 1. The third-order valence-corrected chi connectivity index (χ3v) is 3.70. The lowest BCUT2D eigenvalue weighted by Gasteiger charge is -2.00. The summed E-state index contributed by atoms with van der Waals surface area (Å²) < 4.78 is 0. The van der Waals surface area contributed by atoms with E-state index in [4.69, 9.17) is 11.6 Å². The van der Waals surface area contributed by atoms with Crippen LogP contribution in [0.3, 0.4) is 0 Å². The van der Waals surface area contributed by atoms with Gasteiger partial charge >= 0.3 is 0 Å². The Labute approximate surface area is 121 Å². The molecule has 0 fully saturated rings. The third kappa shape index (κ3) is 1.86. The molecule has 0 bridgehead atoms. The van der Waals surface area contributed by atoms with Gasteiger partial charge in [-0.2, -0.15) is 0 Å². The van der Waals surface area contributed by atoms with Crippen LogP contribution >= 0.6 is 11.6 Å². The Morgan fingerprint density at radius 1 is 0.850 bits per heavy atom. The Kier molecular flexibility index (Phi) is 2.51. The molecule has 2 nitrogen and oxygen atoms in total. The van der Waals surface area contributed by atoms with Gasteiger partial charge in [-0.3, -0.25) is 0 Å². The maximum Gasteiger partial charge on any atom is 0.138 e. The predicted octanol–water partition coefficient (Wildman–Crippen LogP) is 5.04. The molecule has 0 aliphatic rings. The number of nitrogens with zero attached hydrogens (tertiary/aromatic N) is 1. The number of rotatable bonds is 1. The van der Waals surface area contributed by atoms with Crippen LogP contribution in [-0.4, -0.2) is 9.97 Å². The highest BCUT2D eigenvalue weighted by Gasteiger charge is 2.06. The first kappa shape index (κ1) is 11.5. The van der Waals surface area contributed by atoms with Crippen molar-refractivity contribution in [2.75, 3.05) is 0 Å². The third-order valence-electron chi connectivity index (χ3n) is 3.47. The van der Waals surface area contributed by atoms with Crippen molar-refractivity contribution in [3.63, 3.8) is 0 Å². The van der Waals surface area contributed by atoms with E-state index in [0.717, 1.165) is 22.4 Å². The van der Waals surface area contributed by atoms with Gasteiger partial charge in [0.1, 0.15) is 5.82 Å². The molecule has 4 rings (SSSR count). The van der Waals surface area contributed by atoms with Crippen LogP contribution in [0.15, 0.2) is 60.7 Å². The van der Waals surface area contributed by atoms with Crippen LogP contribution in [-0.2, 0) is 0 Å². The minimum Gasteiger partial charge on any atom is -0.338 e. The van der Waals surface area contributed by atoms with Crippen LogP contribution in [0.5, 0.6) is 0 Å². The Morgan fingerprint density at radius 3 is 2.60 bits per heavy atom. The van der Waals surface area contributed by atoms with Crippen LogP contribution in [0, 0.1) is 0 Å². The highest BCUT2D eigenvalue weighted by atomic mass is 35.5. The van der Waals surface area contributed by atoms with E-state index in [-0.39, 0.29) is 0 Å². The van der Waals surface area contributed by atoms with Crippen LogP contribution < -0.4 is 0 Å². The van der Waals surface area contributed by atoms with Gasteiger partial charge in [0.2, 0.25) is 0 Å². The van der Waals surface area contributed by atoms with E-state index in [2.05, 4.69) is 40.3 Å². The molecule has 0 spiro atoms. The molecule has 1 N–H and O–H groups in total. The van der Waals surface area contributed by atoms with Gasteiger partial charge in [0.25, 0.3) is 0 Å². The monoisotopic (exact) mass is 278 g/mol. The Hall–Kier alpha value is -2.32. The second kappa shape index (κ2) is 4.36. The SMILES string of the molecule is Clc1ccc2[nH]c(-c3ccc4ccccc4c3)nc2c1. The number of benzene rings is 3. The minimum atomic E-state index is 0.703. The molecule has 96 valence electrons. The quantitative estimate of drug-likeness (QED) is 0.519. The van der Waals surface area contributed by atoms with Gasteiger partial charge in [-0.25, -0.2) is 4.98 Å². The maximum atomic E-state index is 6.00. The summed E-state index contributed by atoms with van der Waals surface area (Å²) in [6.45, 7) is 0. The molecule has 3 heteroatoms. The van der Waals surface area contributed by atoms with Crippen LogP contribution in [0.2, 0.25) is 5.02 Å². The van der Waals surface area contributed by atoms with Crippen molar-refractivity contribution in [1.29, 1.82) is 0 Å². The first-order valence-corrected chi connectivity index (χ1v) is 6.82. The smallest absolute Gasteiger partial charge is 0.138 e. The molecule has 0 saturated carbocycles. The van der Waals surface area contributed by atoms with Crippen molar-refractivity contribution >= 4 is 33.4 Å². The summed E-state index contributed by atoms with van der Waals surface area (Å²) in [5.74, 6) is 0.869. The van der Waals surface area contributed by atoms with Crippen molar-refractivity contribution < 1.29 is 0 Å². The van der Waals surface area contributed by atoms with Gasteiger partial charge in [0, 0.05) is 10.6 Å². The summed E-state index contributed by atoms with van der Waals surface area (Å²) in [6, 6.07) is 20.4. The number of halogens is 1. The summed E-state index contributed by atoms with van der Waals surface area (Å²) >= 11 is 6.00. The molecular weight excluding hydrogens is 268 g/mol. The fourth-order valence-electron chi connectivity index (χ4n) is 2.45. The van der Waals surface area contributed by atoms with Crippen molar-refractivity contribution in [3.05, 3.63) is 65.7 Å². The fourth-order valence-corrected chi connectivity index (χ4v) is 2.62. The van der Waals surface area contributed by atoms with Gasteiger partial charge in [-0.05, 0) is 35.0 Å². The zero-order valence-corrected chi connectivity index (χ0v) is 11.4. The number of hydrogen-bond acceptors (Lipinski definition) is 1. The number of aromatic amines is 1. The summed E-state index contributed by atoms with van der Waals surface area (Å²) in [6.07, 6.45) is 0. The number of aromatic nitrogens is 2. The van der Waals surface area contributed by atoms with E-state index in [1.807, 2.05) is 30.3 Å². The molecule has 0 saturated heterocycles. The number of nitrogens with one attached hydrogen (secondary N) is 1. The molecule has 0 radical (unpaired) electrons. The average Bonchev–Trinajstić information content (AvgIpc) is 2.89. The number of fused-ring (bicyclic) bond motifs is 2.